The first-order valence-corrected chi connectivity index (χ1v) is 7.17. The van der Waals surface area contributed by atoms with Crippen LogP contribution in [0.25, 0.3) is 0 Å². The van der Waals surface area contributed by atoms with Crippen LogP contribution in [-0.2, 0) is 0 Å². The van der Waals surface area contributed by atoms with Gasteiger partial charge in [0.25, 0.3) is 0 Å². The van der Waals surface area contributed by atoms with Gasteiger partial charge in [-0.3, -0.25) is 0 Å². The first-order valence-electron chi connectivity index (χ1n) is 5.43. The predicted octanol–water partition coefficient (Wildman–Crippen LogP) is 4.64. The number of thioether (sulfide) groups is 1. The van der Waals surface area contributed by atoms with Crippen molar-refractivity contribution in [2.75, 3.05) is 12.4 Å². The van der Waals surface area contributed by atoms with E-state index in [1.807, 2.05) is 18.2 Å². The fourth-order valence-electron chi connectivity index (χ4n) is 1.32. The molecular weight excluding hydrogens is 263 g/mol. The average molecular weight is 279 g/mol. The summed E-state index contributed by atoms with van der Waals surface area (Å²) in [7, 11) is 0. The van der Waals surface area contributed by atoms with Crippen LogP contribution < -0.4 is 0 Å². The van der Waals surface area contributed by atoms with Gasteiger partial charge in [-0.1, -0.05) is 36.0 Å². The number of hydrogen-bond donors (Lipinski definition) is 1. The number of aliphatic hydroxyl groups is 1. The maximum atomic E-state index is 8.62. The van der Waals surface area contributed by atoms with Crippen LogP contribution >= 0.6 is 35.0 Å². The highest BCUT2D eigenvalue weighted by atomic mass is 35.5. The van der Waals surface area contributed by atoms with E-state index in [0.29, 0.717) is 16.7 Å². The minimum atomic E-state index is 0.305. The Morgan fingerprint density at radius 1 is 1.00 bits per heavy atom. The molecule has 0 spiro atoms. The molecule has 0 aliphatic rings. The van der Waals surface area contributed by atoms with Crippen LogP contribution in [0.4, 0.5) is 0 Å². The second-order valence-corrected chi connectivity index (χ2v) is 5.54. The number of aliphatic hydroxyl groups excluding tert-OH is 1. The standard InChI is InChI=1S/C12H16Cl2OS/c13-11-6-5-10(9-12(11)14)16-8-4-2-1-3-7-15/h5-6,9,15H,1-4,7-8H2. The normalized spacial score (nSPS) is 10.7. The van der Waals surface area contributed by atoms with Gasteiger partial charge in [-0.15, -0.1) is 11.8 Å². The number of unbranched alkanes of at least 4 members (excludes halogenated alkanes) is 3. The van der Waals surface area contributed by atoms with Crippen molar-refractivity contribution in [2.24, 2.45) is 0 Å². The lowest BCUT2D eigenvalue weighted by atomic mass is 10.2. The highest BCUT2D eigenvalue weighted by molar-refractivity contribution is 7.99. The zero-order valence-corrected chi connectivity index (χ0v) is 11.4. The monoisotopic (exact) mass is 278 g/mol. The molecule has 90 valence electrons. The molecule has 0 aliphatic heterocycles. The van der Waals surface area contributed by atoms with E-state index in [4.69, 9.17) is 28.3 Å². The van der Waals surface area contributed by atoms with Crippen molar-refractivity contribution in [3.05, 3.63) is 28.2 Å². The first kappa shape index (κ1) is 14.2. The predicted molar refractivity (Wildman–Crippen MR) is 72.7 cm³/mol. The lowest BCUT2D eigenvalue weighted by Gasteiger charge is -2.03. The van der Waals surface area contributed by atoms with Crippen molar-refractivity contribution in [1.82, 2.24) is 0 Å². The van der Waals surface area contributed by atoms with Gasteiger partial charge in [-0.25, -0.2) is 0 Å². The quantitative estimate of drug-likeness (QED) is 0.579. The van der Waals surface area contributed by atoms with E-state index >= 15 is 0 Å². The van der Waals surface area contributed by atoms with E-state index in [9.17, 15) is 0 Å². The summed E-state index contributed by atoms with van der Waals surface area (Å²) in [5.41, 5.74) is 0. The van der Waals surface area contributed by atoms with E-state index in [1.165, 1.54) is 12.8 Å². The molecule has 1 aromatic rings. The molecule has 0 aliphatic carbocycles. The molecule has 0 aromatic heterocycles. The van der Waals surface area contributed by atoms with E-state index in [0.717, 1.165) is 23.5 Å². The van der Waals surface area contributed by atoms with Crippen LogP contribution in [0.15, 0.2) is 23.1 Å². The Morgan fingerprint density at radius 3 is 2.44 bits per heavy atom. The van der Waals surface area contributed by atoms with Gasteiger partial charge in [0.2, 0.25) is 0 Å². The van der Waals surface area contributed by atoms with Gasteiger partial charge in [0.05, 0.1) is 10.0 Å². The summed E-state index contributed by atoms with van der Waals surface area (Å²) in [5, 5.41) is 9.85. The molecule has 0 atom stereocenters. The van der Waals surface area contributed by atoms with Crippen LogP contribution in [0.2, 0.25) is 10.0 Å². The highest BCUT2D eigenvalue weighted by Gasteiger charge is 1.99. The first-order chi connectivity index (χ1) is 7.74. The molecule has 0 amide bonds. The van der Waals surface area contributed by atoms with Gasteiger partial charge in [-0.2, -0.15) is 0 Å². The number of benzene rings is 1. The van der Waals surface area contributed by atoms with Crippen molar-refractivity contribution < 1.29 is 5.11 Å². The Labute approximate surface area is 111 Å². The number of rotatable bonds is 7. The molecule has 0 radical (unpaired) electrons. The van der Waals surface area contributed by atoms with Gasteiger partial charge in [0.15, 0.2) is 0 Å². The fourth-order valence-corrected chi connectivity index (χ4v) is 2.64. The van der Waals surface area contributed by atoms with Crippen LogP contribution in [-0.4, -0.2) is 17.5 Å². The molecule has 1 aromatic carbocycles. The Balaban J connectivity index is 2.19. The zero-order chi connectivity index (χ0) is 11.8. The summed E-state index contributed by atoms with van der Waals surface area (Å²) in [4.78, 5) is 1.16. The molecule has 0 fully saturated rings. The Morgan fingerprint density at radius 2 is 1.75 bits per heavy atom. The van der Waals surface area contributed by atoms with Crippen molar-refractivity contribution in [2.45, 2.75) is 30.6 Å². The van der Waals surface area contributed by atoms with E-state index < -0.39 is 0 Å². The molecule has 0 heterocycles. The molecular formula is C12H16Cl2OS. The third-order valence-corrected chi connectivity index (χ3v) is 4.03. The topological polar surface area (TPSA) is 20.2 Å². The van der Waals surface area contributed by atoms with Crippen molar-refractivity contribution in [3.63, 3.8) is 0 Å². The van der Waals surface area contributed by atoms with Crippen LogP contribution in [0.5, 0.6) is 0 Å². The highest BCUT2D eigenvalue weighted by Crippen LogP contribution is 2.28. The largest absolute Gasteiger partial charge is 0.396 e. The molecule has 16 heavy (non-hydrogen) atoms. The Bertz CT molecular complexity index is 318. The van der Waals surface area contributed by atoms with E-state index in [1.54, 1.807) is 11.8 Å². The SMILES string of the molecule is OCCCCCCSc1ccc(Cl)c(Cl)c1. The lowest BCUT2D eigenvalue weighted by Crippen LogP contribution is -1.85. The van der Waals surface area contributed by atoms with Gasteiger partial charge < -0.3 is 5.11 Å². The lowest BCUT2D eigenvalue weighted by molar-refractivity contribution is 0.283. The molecule has 0 saturated carbocycles. The Kier molecular flexibility index (Phi) is 7.30. The molecule has 4 heteroatoms. The maximum absolute atomic E-state index is 8.62. The summed E-state index contributed by atoms with van der Waals surface area (Å²) >= 11 is 13.6. The molecule has 1 N–H and O–H groups in total. The minimum Gasteiger partial charge on any atom is -0.396 e. The third kappa shape index (κ3) is 5.44. The summed E-state index contributed by atoms with van der Waals surface area (Å²) in [5.74, 6) is 1.09. The third-order valence-electron chi connectivity index (χ3n) is 2.21. The Hall–Kier alpha value is 0.110. The molecule has 0 unspecified atom stereocenters. The number of halogens is 2. The molecule has 0 bridgehead atoms. The number of hydrogen-bond acceptors (Lipinski definition) is 2. The van der Waals surface area contributed by atoms with Crippen molar-refractivity contribution in [3.8, 4) is 0 Å². The van der Waals surface area contributed by atoms with Crippen molar-refractivity contribution >= 4 is 35.0 Å². The molecule has 0 saturated heterocycles. The minimum absolute atomic E-state index is 0.305. The van der Waals surface area contributed by atoms with Crippen LogP contribution in [0, 0.1) is 0 Å². The fraction of sp³-hybridized carbons (Fsp3) is 0.500. The van der Waals surface area contributed by atoms with Crippen LogP contribution in [0.1, 0.15) is 25.7 Å². The molecule has 1 nitrogen and oxygen atoms in total. The maximum Gasteiger partial charge on any atom is 0.0603 e. The second kappa shape index (κ2) is 8.24. The zero-order valence-electron chi connectivity index (χ0n) is 9.09. The van der Waals surface area contributed by atoms with E-state index in [-0.39, 0.29) is 0 Å². The van der Waals surface area contributed by atoms with Gasteiger partial charge in [-0.05, 0) is 36.8 Å². The second-order valence-electron chi connectivity index (χ2n) is 3.56. The summed E-state index contributed by atoms with van der Waals surface area (Å²) in [6, 6.07) is 5.73. The van der Waals surface area contributed by atoms with Gasteiger partial charge >= 0.3 is 0 Å². The average Bonchev–Trinajstić information content (AvgIpc) is 2.28. The molecule has 1 rings (SSSR count). The summed E-state index contributed by atoms with van der Waals surface area (Å²) < 4.78 is 0. The van der Waals surface area contributed by atoms with Gasteiger partial charge in [0, 0.05) is 11.5 Å². The summed E-state index contributed by atoms with van der Waals surface area (Å²) in [6.45, 7) is 0.305. The van der Waals surface area contributed by atoms with E-state index in [2.05, 4.69) is 0 Å². The van der Waals surface area contributed by atoms with Gasteiger partial charge in [0.1, 0.15) is 0 Å². The van der Waals surface area contributed by atoms with Crippen molar-refractivity contribution in [1.29, 1.82) is 0 Å². The summed E-state index contributed by atoms with van der Waals surface area (Å²) in [6.07, 6.45) is 4.37. The smallest absolute Gasteiger partial charge is 0.0603 e. The van der Waals surface area contributed by atoms with Crippen LogP contribution in [0.3, 0.4) is 0 Å².